The van der Waals surface area contributed by atoms with Crippen LogP contribution in [0.3, 0.4) is 0 Å². The number of benzene rings is 10. The maximum absolute atomic E-state index is 5.07. The minimum absolute atomic E-state index is 0.834. The topological polar surface area (TPSA) is 17.8 Å². The van der Waals surface area contributed by atoms with E-state index in [1.54, 1.807) is 0 Å². The number of aryl methyl sites for hydroxylation is 1. The molecule has 278 valence electrons. The van der Waals surface area contributed by atoms with Crippen LogP contribution in [0.25, 0.3) is 105 Å². The molecule has 1 aromatic heterocycles. The lowest BCUT2D eigenvalue weighted by molar-refractivity contribution is 0.913. The highest BCUT2D eigenvalue weighted by molar-refractivity contribution is 6.25. The third-order valence-electron chi connectivity index (χ3n) is 12.0. The van der Waals surface area contributed by atoms with Crippen LogP contribution < -0.4 is 0 Å². The molecule has 0 aliphatic rings. The van der Waals surface area contributed by atoms with Gasteiger partial charge in [0.1, 0.15) is 5.82 Å². The Morgan fingerprint density at radius 2 is 0.864 bits per heavy atom. The number of para-hydroxylation sites is 2. The zero-order chi connectivity index (χ0) is 39.3. The summed E-state index contributed by atoms with van der Waals surface area (Å²) in [5.74, 6) is 1.06. The van der Waals surface area contributed by atoms with Crippen molar-refractivity contribution in [1.82, 2.24) is 9.55 Å². The van der Waals surface area contributed by atoms with E-state index in [9.17, 15) is 0 Å². The summed E-state index contributed by atoms with van der Waals surface area (Å²) in [5.41, 5.74) is 15.4. The van der Waals surface area contributed by atoms with Crippen molar-refractivity contribution in [3.8, 4) is 61.3 Å². The third kappa shape index (κ3) is 5.84. The highest BCUT2D eigenvalue weighted by atomic mass is 15.1. The van der Waals surface area contributed by atoms with Gasteiger partial charge in [0.25, 0.3) is 0 Å². The number of rotatable bonds is 7. The van der Waals surface area contributed by atoms with Gasteiger partial charge < -0.3 is 0 Å². The van der Waals surface area contributed by atoms with Gasteiger partial charge in [-0.1, -0.05) is 189 Å². The van der Waals surface area contributed by atoms with Gasteiger partial charge in [-0.15, -0.1) is 0 Å². The molecule has 2 nitrogen and oxygen atoms in total. The Kier molecular flexibility index (Phi) is 8.48. The number of nitrogens with zero attached hydrogens (tertiary/aromatic N) is 2. The summed E-state index contributed by atoms with van der Waals surface area (Å²) in [6, 6.07) is 77.6. The monoisotopic (exact) mass is 752 g/mol. The van der Waals surface area contributed by atoms with E-state index in [0.29, 0.717) is 0 Å². The molecule has 10 aromatic carbocycles. The maximum atomic E-state index is 5.07. The molecule has 2 heteroatoms. The SMILES string of the molecule is CCc1nc2ccccc2n1-c1ccc(-c2c3ccccc3c(-c3ccc(-c4ccccc4)cc3-c3ccccc3)c3ccc(-c4ccccc4)cc23)c2ccccc12. The van der Waals surface area contributed by atoms with Crippen molar-refractivity contribution in [3.05, 3.63) is 218 Å². The predicted octanol–water partition coefficient (Wildman–Crippen LogP) is 15.4. The predicted molar refractivity (Wildman–Crippen MR) is 250 cm³/mol. The zero-order valence-electron chi connectivity index (χ0n) is 32.8. The smallest absolute Gasteiger partial charge is 0.114 e. The van der Waals surface area contributed by atoms with Crippen molar-refractivity contribution in [2.75, 3.05) is 0 Å². The summed E-state index contributed by atoms with van der Waals surface area (Å²) in [7, 11) is 0. The largest absolute Gasteiger partial charge is 0.296 e. The lowest BCUT2D eigenvalue weighted by Crippen LogP contribution is -2.01. The van der Waals surface area contributed by atoms with Gasteiger partial charge in [-0.3, -0.25) is 4.57 Å². The van der Waals surface area contributed by atoms with Gasteiger partial charge in [-0.25, -0.2) is 4.98 Å². The number of hydrogen-bond acceptors (Lipinski definition) is 1. The van der Waals surface area contributed by atoms with Crippen molar-refractivity contribution in [2.24, 2.45) is 0 Å². The maximum Gasteiger partial charge on any atom is 0.114 e. The summed E-state index contributed by atoms with van der Waals surface area (Å²) in [5, 5.41) is 7.33. The zero-order valence-corrected chi connectivity index (χ0v) is 32.8. The lowest BCUT2D eigenvalue weighted by atomic mass is 9.81. The van der Waals surface area contributed by atoms with E-state index in [0.717, 1.165) is 29.0 Å². The molecule has 0 atom stereocenters. The van der Waals surface area contributed by atoms with Crippen LogP contribution in [0.4, 0.5) is 0 Å². The van der Waals surface area contributed by atoms with Crippen molar-refractivity contribution in [1.29, 1.82) is 0 Å². The number of imidazole rings is 1. The average molecular weight is 753 g/mol. The van der Waals surface area contributed by atoms with E-state index in [2.05, 4.69) is 224 Å². The molecule has 0 unspecified atom stereocenters. The quantitative estimate of drug-likeness (QED) is 0.148. The van der Waals surface area contributed by atoms with Crippen LogP contribution in [0.15, 0.2) is 212 Å². The summed E-state index contributed by atoms with van der Waals surface area (Å²) in [4.78, 5) is 5.07. The fraction of sp³-hybridized carbons (Fsp3) is 0.0351. The molecule has 0 bridgehead atoms. The second-order valence-electron chi connectivity index (χ2n) is 15.3. The first-order chi connectivity index (χ1) is 29.2. The van der Waals surface area contributed by atoms with Crippen LogP contribution in [-0.2, 0) is 6.42 Å². The average Bonchev–Trinajstić information content (AvgIpc) is 3.70. The van der Waals surface area contributed by atoms with Crippen molar-refractivity contribution in [3.63, 3.8) is 0 Å². The highest BCUT2D eigenvalue weighted by Gasteiger charge is 2.23. The third-order valence-corrected chi connectivity index (χ3v) is 12.0. The van der Waals surface area contributed by atoms with Gasteiger partial charge in [0, 0.05) is 11.8 Å². The Morgan fingerprint density at radius 3 is 1.54 bits per heavy atom. The molecule has 0 spiro atoms. The van der Waals surface area contributed by atoms with Crippen molar-refractivity contribution >= 4 is 43.4 Å². The molecule has 1 heterocycles. The molecule has 0 saturated heterocycles. The molecule has 0 aliphatic heterocycles. The molecule has 0 amide bonds. The van der Waals surface area contributed by atoms with E-state index in [4.69, 9.17) is 4.98 Å². The Bertz CT molecular complexity index is 3340. The van der Waals surface area contributed by atoms with E-state index in [1.165, 1.54) is 88.0 Å². The fourth-order valence-electron chi connectivity index (χ4n) is 9.28. The van der Waals surface area contributed by atoms with Crippen molar-refractivity contribution in [2.45, 2.75) is 13.3 Å². The summed E-state index contributed by atoms with van der Waals surface area (Å²) >= 11 is 0. The molecule has 0 N–H and O–H groups in total. The minimum atomic E-state index is 0.834. The van der Waals surface area contributed by atoms with Gasteiger partial charge in [0.05, 0.1) is 16.7 Å². The molecule has 0 aliphatic carbocycles. The molecular weight excluding hydrogens is 713 g/mol. The van der Waals surface area contributed by atoms with Gasteiger partial charge in [0.15, 0.2) is 0 Å². The second-order valence-corrected chi connectivity index (χ2v) is 15.3. The minimum Gasteiger partial charge on any atom is -0.296 e. The number of fused-ring (bicyclic) bond motifs is 4. The highest BCUT2D eigenvalue weighted by Crippen LogP contribution is 2.49. The Balaban J connectivity index is 1.24. The Hall–Kier alpha value is -7.55. The molecule has 0 radical (unpaired) electrons. The fourth-order valence-corrected chi connectivity index (χ4v) is 9.28. The Labute approximate surface area is 344 Å². The molecule has 11 aromatic rings. The first-order valence-corrected chi connectivity index (χ1v) is 20.5. The molecule has 11 rings (SSSR count). The molecule has 59 heavy (non-hydrogen) atoms. The Morgan fingerprint density at radius 1 is 0.356 bits per heavy atom. The van der Waals surface area contributed by atoms with E-state index < -0.39 is 0 Å². The summed E-state index contributed by atoms with van der Waals surface area (Å²) in [6.07, 6.45) is 0.834. The van der Waals surface area contributed by atoms with Crippen LogP contribution in [-0.4, -0.2) is 9.55 Å². The second kappa shape index (κ2) is 14.4. The van der Waals surface area contributed by atoms with Crippen LogP contribution in [0, 0.1) is 0 Å². The lowest BCUT2D eigenvalue weighted by Gasteiger charge is -2.22. The summed E-state index contributed by atoms with van der Waals surface area (Å²) in [6.45, 7) is 2.19. The van der Waals surface area contributed by atoms with E-state index in [-0.39, 0.29) is 0 Å². The molecule has 0 fully saturated rings. The first kappa shape index (κ1) is 34.7. The van der Waals surface area contributed by atoms with Gasteiger partial charge in [0.2, 0.25) is 0 Å². The van der Waals surface area contributed by atoms with Gasteiger partial charge in [-0.2, -0.15) is 0 Å². The van der Waals surface area contributed by atoms with Crippen LogP contribution in [0.5, 0.6) is 0 Å². The van der Waals surface area contributed by atoms with Crippen LogP contribution in [0.1, 0.15) is 12.7 Å². The summed E-state index contributed by atoms with van der Waals surface area (Å²) < 4.78 is 2.36. The van der Waals surface area contributed by atoms with Gasteiger partial charge >= 0.3 is 0 Å². The van der Waals surface area contributed by atoms with E-state index in [1.807, 2.05) is 0 Å². The number of hydrogen-bond donors (Lipinski definition) is 0. The molecule has 0 saturated carbocycles. The van der Waals surface area contributed by atoms with Crippen LogP contribution in [0.2, 0.25) is 0 Å². The van der Waals surface area contributed by atoms with E-state index >= 15 is 0 Å². The van der Waals surface area contributed by atoms with Gasteiger partial charge in [-0.05, 0) is 113 Å². The molecular formula is C57H40N2. The van der Waals surface area contributed by atoms with Crippen molar-refractivity contribution < 1.29 is 0 Å². The first-order valence-electron chi connectivity index (χ1n) is 20.5. The number of aromatic nitrogens is 2. The standard InChI is InChI=1S/C57H40N2/c1-2-55-58-52-28-16-17-29-54(52)59(55)53-35-34-47(43-24-12-13-25-44(43)53)57-46-27-15-14-26-45(46)56(49-33-31-42(37-51(49)57)39-20-8-4-9-21-39)48-32-30-41(38-18-6-3-7-19-38)36-50(48)40-22-10-5-11-23-40/h3-37H,2H2,1H3. The normalized spacial score (nSPS) is 11.5. The van der Waals surface area contributed by atoms with Crippen LogP contribution >= 0.6 is 0 Å².